The average Bonchev–Trinajstić information content (AvgIpc) is 3.08. The number of rotatable bonds is 6. The number of hydrogen-bond acceptors (Lipinski definition) is 4. The van der Waals surface area contributed by atoms with Crippen molar-refractivity contribution < 1.29 is 23.4 Å². The molecule has 0 bridgehead atoms. The molecule has 0 aliphatic carbocycles. The fourth-order valence-corrected chi connectivity index (χ4v) is 3.36. The lowest BCUT2D eigenvalue weighted by molar-refractivity contribution is 0.101. The van der Waals surface area contributed by atoms with Crippen LogP contribution in [0, 0.1) is 5.82 Å². The summed E-state index contributed by atoms with van der Waals surface area (Å²) < 4.78 is 30.6. The van der Waals surface area contributed by atoms with Gasteiger partial charge in [-0.3, -0.25) is 4.79 Å². The number of para-hydroxylation sites is 1. The molecule has 0 spiro atoms. The Morgan fingerprint density at radius 2 is 1.94 bits per heavy atom. The number of methoxy groups -OCH3 is 1. The molecule has 0 amide bonds. The topological polar surface area (TPSA) is 44.8 Å². The molecule has 156 valence electrons. The monoisotopic (exact) mass is 436 g/mol. The summed E-state index contributed by atoms with van der Waals surface area (Å²) in [6.07, 6.45) is 5.17. The second-order valence-corrected chi connectivity index (χ2v) is 7.12. The van der Waals surface area contributed by atoms with Gasteiger partial charge in [-0.2, -0.15) is 0 Å². The van der Waals surface area contributed by atoms with Crippen LogP contribution >= 0.6 is 11.6 Å². The minimum absolute atomic E-state index is 0.0391. The maximum Gasteiger partial charge on any atom is 0.231 e. The lowest BCUT2D eigenvalue weighted by Gasteiger charge is -2.09. The van der Waals surface area contributed by atoms with E-state index >= 15 is 0 Å². The molecule has 1 heterocycles. The van der Waals surface area contributed by atoms with Crippen LogP contribution in [0.5, 0.6) is 17.2 Å². The van der Waals surface area contributed by atoms with Crippen molar-refractivity contribution in [2.24, 2.45) is 0 Å². The van der Waals surface area contributed by atoms with Crippen molar-refractivity contribution in [2.75, 3.05) is 7.11 Å². The third kappa shape index (κ3) is 4.47. The van der Waals surface area contributed by atoms with Crippen molar-refractivity contribution in [2.45, 2.75) is 6.61 Å². The van der Waals surface area contributed by atoms with Gasteiger partial charge in [0, 0.05) is 17.2 Å². The Morgan fingerprint density at radius 1 is 1.10 bits per heavy atom. The molecule has 0 saturated heterocycles. The predicted molar refractivity (Wildman–Crippen MR) is 117 cm³/mol. The highest BCUT2D eigenvalue weighted by atomic mass is 35.5. The van der Waals surface area contributed by atoms with Crippen LogP contribution in [-0.2, 0) is 6.61 Å². The molecule has 1 aliphatic heterocycles. The predicted octanol–water partition coefficient (Wildman–Crippen LogP) is 6.24. The molecule has 31 heavy (non-hydrogen) atoms. The van der Waals surface area contributed by atoms with Crippen LogP contribution in [0.4, 0.5) is 4.39 Å². The fourth-order valence-electron chi connectivity index (χ4n) is 3.14. The van der Waals surface area contributed by atoms with E-state index in [0.717, 1.165) is 11.3 Å². The molecule has 0 saturated carbocycles. The van der Waals surface area contributed by atoms with Crippen LogP contribution < -0.4 is 14.2 Å². The van der Waals surface area contributed by atoms with Crippen molar-refractivity contribution in [1.29, 1.82) is 0 Å². The number of carbonyl (C=O) groups is 1. The summed E-state index contributed by atoms with van der Waals surface area (Å²) in [6, 6.07) is 16.9. The highest BCUT2D eigenvalue weighted by Crippen LogP contribution is 2.34. The largest absolute Gasteiger partial charge is 0.496 e. The van der Waals surface area contributed by atoms with Gasteiger partial charge in [0.15, 0.2) is 5.76 Å². The van der Waals surface area contributed by atoms with Crippen molar-refractivity contribution in [3.8, 4) is 17.2 Å². The first-order chi connectivity index (χ1) is 15.1. The number of allylic oxidation sites excluding steroid dienone is 3. The Balaban J connectivity index is 1.48. The van der Waals surface area contributed by atoms with E-state index in [4.69, 9.17) is 25.8 Å². The van der Waals surface area contributed by atoms with Crippen LogP contribution in [0.1, 0.15) is 21.5 Å². The highest BCUT2D eigenvalue weighted by molar-refractivity contribution is 6.31. The van der Waals surface area contributed by atoms with E-state index < -0.39 is 5.82 Å². The van der Waals surface area contributed by atoms with E-state index in [1.165, 1.54) is 12.1 Å². The summed E-state index contributed by atoms with van der Waals surface area (Å²) in [6.45, 7) is -0.0391. The molecule has 0 atom stereocenters. The maximum atomic E-state index is 13.9. The number of carbonyl (C=O) groups excluding carboxylic acids is 1. The molecule has 4 nitrogen and oxygen atoms in total. The van der Waals surface area contributed by atoms with E-state index in [0.29, 0.717) is 22.1 Å². The molecular weight excluding hydrogens is 419 g/mol. The molecule has 1 aliphatic rings. The Kier molecular flexibility index (Phi) is 6.05. The maximum absolute atomic E-state index is 13.9. The third-order valence-electron chi connectivity index (χ3n) is 4.75. The lowest BCUT2D eigenvalue weighted by atomic mass is 10.1. The van der Waals surface area contributed by atoms with Crippen LogP contribution in [0.2, 0.25) is 5.02 Å². The van der Waals surface area contributed by atoms with Gasteiger partial charge < -0.3 is 14.2 Å². The number of ketones is 1. The molecule has 4 rings (SSSR count). The Bertz CT molecular complexity index is 1180. The molecule has 0 fully saturated rings. The first-order valence-electron chi connectivity index (χ1n) is 9.50. The van der Waals surface area contributed by atoms with Crippen molar-refractivity contribution >= 4 is 23.5 Å². The number of hydrogen-bond donors (Lipinski definition) is 0. The Hall–Kier alpha value is -3.57. The molecule has 3 aromatic rings. The van der Waals surface area contributed by atoms with Gasteiger partial charge in [0.05, 0.1) is 17.7 Å². The van der Waals surface area contributed by atoms with Gasteiger partial charge in [-0.1, -0.05) is 48.0 Å². The number of Topliss-reactive ketones (excluding diaryl/α,β-unsaturated/α-hetero) is 1. The number of ether oxygens (including phenoxy) is 3. The first kappa shape index (κ1) is 20.7. The average molecular weight is 437 g/mol. The molecule has 6 heteroatoms. The van der Waals surface area contributed by atoms with Crippen LogP contribution in [-0.4, -0.2) is 12.9 Å². The van der Waals surface area contributed by atoms with E-state index in [-0.39, 0.29) is 23.7 Å². The van der Waals surface area contributed by atoms with Crippen molar-refractivity contribution in [1.82, 2.24) is 0 Å². The zero-order valence-corrected chi connectivity index (χ0v) is 17.4. The fraction of sp³-hybridized carbons (Fsp3) is 0.0800. The number of benzene rings is 3. The van der Waals surface area contributed by atoms with E-state index in [1.54, 1.807) is 43.5 Å². The molecule has 3 aromatic carbocycles. The minimum atomic E-state index is -0.438. The van der Waals surface area contributed by atoms with Gasteiger partial charge in [-0.05, 0) is 36.4 Å². The highest BCUT2D eigenvalue weighted by Gasteiger charge is 2.27. The number of halogens is 2. The van der Waals surface area contributed by atoms with Crippen LogP contribution in [0.25, 0.3) is 6.08 Å². The summed E-state index contributed by atoms with van der Waals surface area (Å²) in [5.41, 5.74) is 1.59. The van der Waals surface area contributed by atoms with Gasteiger partial charge in [0.25, 0.3) is 0 Å². The van der Waals surface area contributed by atoms with Gasteiger partial charge in [0.2, 0.25) is 5.78 Å². The summed E-state index contributed by atoms with van der Waals surface area (Å²) in [7, 11) is 1.60. The van der Waals surface area contributed by atoms with Gasteiger partial charge in [-0.25, -0.2) is 4.39 Å². The zero-order valence-electron chi connectivity index (χ0n) is 16.6. The summed E-state index contributed by atoms with van der Waals surface area (Å²) in [5, 5.41) is 0.291. The van der Waals surface area contributed by atoms with Crippen molar-refractivity contribution in [3.63, 3.8) is 0 Å². The quantitative estimate of drug-likeness (QED) is 0.429. The van der Waals surface area contributed by atoms with Crippen molar-refractivity contribution in [3.05, 3.63) is 106 Å². The lowest BCUT2D eigenvalue weighted by Crippen LogP contribution is -1.99. The third-order valence-corrected chi connectivity index (χ3v) is 5.10. The minimum Gasteiger partial charge on any atom is -0.496 e. The molecule has 0 aromatic heterocycles. The number of fused-ring (bicyclic) bond motifs is 1. The summed E-state index contributed by atoms with van der Waals surface area (Å²) in [5.74, 6) is 1.11. The Morgan fingerprint density at radius 3 is 2.74 bits per heavy atom. The standard InChI is InChI=1S/C25H18ClFO4/c1-29-22-10-3-2-6-16(22)7-4-11-23-25(28)18-13-12-17(14-24(18)31-23)30-15-19-20(26)8-5-9-21(19)27/h2-14H,15H2,1H3. The zero-order chi connectivity index (χ0) is 21.8. The van der Waals surface area contributed by atoms with Gasteiger partial charge >= 0.3 is 0 Å². The van der Waals surface area contributed by atoms with Gasteiger partial charge in [0.1, 0.15) is 29.7 Å². The smallest absolute Gasteiger partial charge is 0.231 e. The molecule has 0 N–H and O–H groups in total. The van der Waals surface area contributed by atoms with Gasteiger partial charge in [-0.15, -0.1) is 0 Å². The Labute approximate surface area is 184 Å². The first-order valence-corrected chi connectivity index (χ1v) is 9.88. The van der Waals surface area contributed by atoms with E-state index in [1.807, 2.05) is 30.3 Å². The molecule has 0 unspecified atom stereocenters. The van der Waals surface area contributed by atoms with E-state index in [9.17, 15) is 9.18 Å². The molecular formula is C25H18ClFO4. The normalized spacial score (nSPS) is 14.0. The second-order valence-electron chi connectivity index (χ2n) is 6.71. The second kappa shape index (κ2) is 9.06. The van der Waals surface area contributed by atoms with Crippen LogP contribution in [0.3, 0.4) is 0 Å². The van der Waals surface area contributed by atoms with E-state index in [2.05, 4.69) is 0 Å². The summed E-state index contributed by atoms with van der Waals surface area (Å²) >= 11 is 6.03. The van der Waals surface area contributed by atoms with Crippen LogP contribution in [0.15, 0.2) is 78.6 Å². The SMILES string of the molecule is COc1ccccc1C=CC=C1Oc2cc(OCc3c(F)cccc3Cl)ccc2C1=O. The summed E-state index contributed by atoms with van der Waals surface area (Å²) in [4.78, 5) is 12.6. The molecule has 0 radical (unpaired) electrons.